The molecule has 1 saturated heterocycles. The summed E-state index contributed by atoms with van der Waals surface area (Å²) in [6.45, 7) is 3.56. The number of thiazole rings is 1. The van der Waals surface area contributed by atoms with Gasteiger partial charge in [-0.1, -0.05) is 101 Å². The summed E-state index contributed by atoms with van der Waals surface area (Å²) in [4.78, 5) is 36.7. The number of oxime groups is 1. The highest BCUT2D eigenvalue weighted by Crippen LogP contribution is 2.41. The van der Waals surface area contributed by atoms with Crippen LogP contribution in [-0.2, 0) is 20.0 Å². The molecule has 2 amide bonds. The molecule has 1 aliphatic rings. The molecule has 2 unspecified atom stereocenters. The first-order valence-electron chi connectivity index (χ1n) is 14.2. The Hall–Kier alpha value is -5.69. The van der Waals surface area contributed by atoms with Gasteiger partial charge in [0, 0.05) is 5.38 Å². The Morgan fingerprint density at radius 3 is 2.11 bits per heavy atom. The summed E-state index contributed by atoms with van der Waals surface area (Å²) in [6.07, 6.45) is 2.70. The van der Waals surface area contributed by atoms with E-state index in [1.165, 1.54) is 16.2 Å². The molecule has 3 aromatic carbocycles. The van der Waals surface area contributed by atoms with Crippen LogP contribution in [0.1, 0.15) is 36.2 Å². The minimum absolute atomic E-state index is 0.151. The van der Waals surface area contributed by atoms with Crippen molar-refractivity contribution in [3.63, 3.8) is 0 Å². The van der Waals surface area contributed by atoms with Crippen molar-refractivity contribution in [3.05, 3.63) is 125 Å². The number of aromatic amines is 1. The molecule has 6 rings (SSSR count). The number of aromatic nitrogens is 5. The third kappa shape index (κ3) is 5.80. The maximum absolute atomic E-state index is 12.5. The predicted octanol–water partition coefficient (Wildman–Crippen LogP) is 4.34. The number of anilines is 2. The second-order valence-electron chi connectivity index (χ2n) is 10.1. The van der Waals surface area contributed by atoms with Crippen LogP contribution in [0.2, 0.25) is 0 Å². The summed E-state index contributed by atoms with van der Waals surface area (Å²) in [6, 6.07) is 29.6. The first-order valence-corrected chi connectivity index (χ1v) is 15.0. The van der Waals surface area contributed by atoms with E-state index >= 15 is 0 Å². The van der Waals surface area contributed by atoms with Crippen LogP contribution in [0.3, 0.4) is 0 Å². The van der Waals surface area contributed by atoms with Crippen molar-refractivity contribution >= 4 is 46.2 Å². The average Bonchev–Trinajstić information content (AvgIpc) is 3.79. The molecule has 5 aromatic rings. The van der Waals surface area contributed by atoms with E-state index in [1.54, 1.807) is 19.9 Å². The summed E-state index contributed by atoms with van der Waals surface area (Å²) in [7, 11) is 0. The quantitative estimate of drug-likeness (QED) is 0.0650. The summed E-state index contributed by atoms with van der Waals surface area (Å²) < 4.78 is 0. The van der Waals surface area contributed by atoms with E-state index in [9.17, 15) is 9.59 Å². The smallest absolute Gasteiger partial charge is 0.272 e. The Labute approximate surface area is 262 Å². The Morgan fingerprint density at radius 2 is 1.60 bits per heavy atom. The van der Waals surface area contributed by atoms with Crippen molar-refractivity contribution in [1.82, 2.24) is 30.9 Å². The van der Waals surface area contributed by atoms with Gasteiger partial charge >= 0.3 is 0 Å². The van der Waals surface area contributed by atoms with Gasteiger partial charge in [-0.2, -0.15) is 5.21 Å². The van der Waals surface area contributed by atoms with E-state index in [4.69, 9.17) is 9.82 Å². The van der Waals surface area contributed by atoms with Gasteiger partial charge in [-0.05, 0) is 41.8 Å². The minimum atomic E-state index is -0.741. The number of carbonyl (C=O) groups excluding carboxylic acids is 2. The zero-order chi connectivity index (χ0) is 31.2. The fourth-order valence-electron chi connectivity index (χ4n) is 5.30. The van der Waals surface area contributed by atoms with E-state index in [0.29, 0.717) is 16.6 Å². The van der Waals surface area contributed by atoms with Crippen molar-refractivity contribution in [1.29, 1.82) is 0 Å². The molecule has 12 nitrogen and oxygen atoms in total. The number of allylic oxidation sites excluding steroid dienone is 1. The van der Waals surface area contributed by atoms with Crippen molar-refractivity contribution in [3.8, 4) is 0 Å². The SMILES string of the molecule is C/C=C(\O/N=C/C(=O)NC1C(=O)N(c2nn[nH]n2)C1C)c1csc(NC(c2ccccc2)(c2ccccc2)c2ccccc2)n1. The van der Waals surface area contributed by atoms with E-state index in [2.05, 4.69) is 72.8 Å². The van der Waals surface area contributed by atoms with Gasteiger partial charge in [0.1, 0.15) is 23.5 Å². The standard InChI is InChI=1S/C32H29N9O3S/c1-3-26(44-33-19-27(42)35-28-21(2)41(29(28)43)30-37-39-40-38-30)25-20-45-31(34-25)36-32(22-13-7-4-8-14-22,23-15-9-5-10-16-23)24-17-11-6-12-18-24/h3-21,28H,1-2H3,(H,34,36)(H,35,42)(H,37,38,39,40)/b26-3-,33-19+. The summed E-state index contributed by atoms with van der Waals surface area (Å²) in [5.74, 6) is -0.411. The first kappa shape index (κ1) is 29.4. The van der Waals surface area contributed by atoms with Gasteiger partial charge < -0.3 is 15.5 Å². The number of tetrazole rings is 1. The van der Waals surface area contributed by atoms with Gasteiger partial charge in [0.2, 0.25) is 0 Å². The first-order chi connectivity index (χ1) is 22.0. The van der Waals surface area contributed by atoms with Gasteiger partial charge in [0.15, 0.2) is 10.9 Å². The highest BCUT2D eigenvalue weighted by molar-refractivity contribution is 7.13. The largest absolute Gasteiger partial charge is 0.355 e. The number of amides is 2. The number of nitrogens with zero attached hydrogens (tertiary/aromatic N) is 6. The lowest BCUT2D eigenvalue weighted by atomic mass is 9.77. The summed E-state index contributed by atoms with van der Waals surface area (Å²) in [5, 5.41) is 26.1. The minimum Gasteiger partial charge on any atom is -0.355 e. The van der Waals surface area contributed by atoms with E-state index in [0.717, 1.165) is 22.9 Å². The predicted molar refractivity (Wildman–Crippen MR) is 171 cm³/mol. The van der Waals surface area contributed by atoms with Crippen molar-refractivity contribution < 1.29 is 14.4 Å². The summed E-state index contributed by atoms with van der Waals surface area (Å²) in [5.41, 5.74) is 2.97. The molecule has 1 fully saturated rings. The van der Waals surface area contributed by atoms with Gasteiger partial charge in [-0.15, -0.1) is 16.4 Å². The molecule has 0 saturated carbocycles. The average molecular weight is 620 g/mol. The van der Waals surface area contributed by atoms with Crippen molar-refractivity contribution in [2.75, 3.05) is 10.2 Å². The molecule has 1 aliphatic heterocycles. The lowest BCUT2D eigenvalue weighted by molar-refractivity contribution is -0.130. The number of hydrogen-bond acceptors (Lipinski definition) is 10. The molecule has 13 heteroatoms. The third-order valence-corrected chi connectivity index (χ3v) is 8.25. The number of rotatable bonds is 11. The van der Waals surface area contributed by atoms with E-state index < -0.39 is 17.5 Å². The Balaban J connectivity index is 1.18. The zero-order valence-electron chi connectivity index (χ0n) is 24.4. The molecule has 0 radical (unpaired) electrons. The third-order valence-electron chi connectivity index (χ3n) is 7.50. The van der Waals surface area contributed by atoms with Crippen LogP contribution < -0.4 is 15.5 Å². The lowest BCUT2D eigenvalue weighted by Gasteiger charge is -2.42. The fraction of sp³-hybridized carbons (Fsp3) is 0.156. The maximum Gasteiger partial charge on any atom is 0.272 e. The van der Waals surface area contributed by atoms with Crippen molar-refractivity contribution in [2.24, 2.45) is 5.16 Å². The topological polar surface area (TPSA) is 150 Å². The molecule has 226 valence electrons. The number of H-pyrrole nitrogens is 1. The van der Waals surface area contributed by atoms with Crippen LogP contribution >= 0.6 is 11.3 Å². The van der Waals surface area contributed by atoms with Crippen LogP contribution in [0.25, 0.3) is 5.76 Å². The van der Waals surface area contributed by atoms with E-state index in [1.807, 2.05) is 60.0 Å². The number of nitrogens with one attached hydrogen (secondary N) is 3. The second-order valence-corrected chi connectivity index (χ2v) is 11.0. The number of benzene rings is 3. The van der Waals surface area contributed by atoms with Crippen molar-refractivity contribution in [2.45, 2.75) is 31.5 Å². The fourth-order valence-corrected chi connectivity index (χ4v) is 6.06. The second kappa shape index (κ2) is 12.9. The Kier molecular flexibility index (Phi) is 8.42. The Bertz CT molecular complexity index is 1710. The number of hydrogen-bond donors (Lipinski definition) is 3. The number of β-lactam (4-membered cyclic amide) rings is 1. The van der Waals surface area contributed by atoms with Crippen LogP contribution in [0.15, 0.2) is 108 Å². The van der Waals surface area contributed by atoms with Crippen LogP contribution in [0, 0.1) is 0 Å². The zero-order valence-corrected chi connectivity index (χ0v) is 25.2. The monoisotopic (exact) mass is 619 g/mol. The molecular weight excluding hydrogens is 590 g/mol. The molecule has 3 heterocycles. The molecule has 0 aliphatic carbocycles. The lowest BCUT2D eigenvalue weighted by Crippen LogP contribution is -2.70. The number of carbonyl (C=O) groups is 2. The molecular formula is C32H29N9O3S. The van der Waals surface area contributed by atoms with Gasteiger partial charge in [-0.3, -0.25) is 14.5 Å². The van der Waals surface area contributed by atoms with Gasteiger partial charge in [-0.25, -0.2) is 4.98 Å². The molecule has 2 atom stereocenters. The molecule has 0 bridgehead atoms. The normalized spacial score (nSPS) is 16.8. The van der Waals surface area contributed by atoms with Gasteiger partial charge in [0.25, 0.3) is 17.8 Å². The molecule has 3 N–H and O–H groups in total. The highest BCUT2D eigenvalue weighted by atomic mass is 32.1. The van der Waals surface area contributed by atoms with Crippen LogP contribution in [0.5, 0.6) is 0 Å². The highest BCUT2D eigenvalue weighted by Gasteiger charge is 2.48. The molecule has 2 aromatic heterocycles. The van der Waals surface area contributed by atoms with Crippen LogP contribution in [0.4, 0.5) is 11.1 Å². The van der Waals surface area contributed by atoms with E-state index in [-0.39, 0.29) is 17.9 Å². The molecule has 45 heavy (non-hydrogen) atoms. The summed E-state index contributed by atoms with van der Waals surface area (Å²) >= 11 is 1.43. The molecule has 0 spiro atoms. The maximum atomic E-state index is 12.5. The Morgan fingerprint density at radius 1 is 1.00 bits per heavy atom. The van der Waals surface area contributed by atoms with Gasteiger partial charge in [0.05, 0.1) is 6.04 Å². The van der Waals surface area contributed by atoms with Crippen LogP contribution in [-0.4, -0.2) is 55.7 Å².